The summed E-state index contributed by atoms with van der Waals surface area (Å²) >= 11 is 1.73. The Hall–Kier alpha value is -1.00. The molecule has 3 nitrogen and oxygen atoms in total. The number of aliphatic hydroxyl groups excluding tert-OH is 1. The minimum absolute atomic E-state index is 0.0300. The molecule has 0 heterocycles. The Morgan fingerprint density at radius 3 is 2.58 bits per heavy atom. The van der Waals surface area contributed by atoms with Gasteiger partial charge < -0.3 is 10.4 Å². The molecule has 19 heavy (non-hydrogen) atoms. The molecule has 0 saturated heterocycles. The fourth-order valence-electron chi connectivity index (χ4n) is 1.50. The molecule has 0 aliphatic rings. The van der Waals surface area contributed by atoms with Gasteiger partial charge in [0.25, 0.3) is 0 Å². The van der Waals surface area contributed by atoms with Crippen LogP contribution in [0, 0.1) is 5.41 Å². The summed E-state index contributed by atoms with van der Waals surface area (Å²) in [6, 6.07) is 9.50. The summed E-state index contributed by atoms with van der Waals surface area (Å²) in [6.45, 7) is 6.17. The van der Waals surface area contributed by atoms with Crippen molar-refractivity contribution in [3.8, 4) is 0 Å². The first kappa shape index (κ1) is 16.1. The van der Waals surface area contributed by atoms with E-state index in [1.54, 1.807) is 11.8 Å². The number of hydrogen-bond donors (Lipinski definition) is 2. The number of rotatable bonds is 7. The minimum Gasteiger partial charge on any atom is -0.396 e. The molecule has 1 rings (SSSR count). The van der Waals surface area contributed by atoms with Gasteiger partial charge >= 0.3 is 0 Å². The lowest BCUT2D eigenvalue weighted by atomic mass is 9.95. The highest BCUT2D eigenvalue weighted by Gasteiger charge is 2.28. The molecule has 106 valence electrons. The second-order valence-electron chi connectivity index (χ2n) is 5.34. The molecule has 0 aliphatic carbocycles. The molecule has 1 amide bonds. The first-order valence-electron chi connectivity index (χ1n) is 6.54. The van der Waals surface area contributed by atoms with Gasteiger partial charge in [0.1, 0.15) is 0 Å². The fraction of sp³-hybridized carbons (Fsp3) is 0.533. The van der Waals surface area contributed by atoms with Crippen LogP contribution < -0.4 is 5.32 Å². The van der Waals surface area contributed by atoms with Crippen molar-refractivity contribution in [2.24, 2.45) is 5.41 Å². The van der Waals surface area contributed by atoms with Crippen molar-refractivity contribution >= 4 is 23.4 Å². The number of aliphatic hydroxyl groups is 1. The average Bonchev–Trinajstić information content (AvgIpc) is 2.38. The fourth-order valence-corrected chi connectivity index (χ4v) is 2.61. The van der Waals surface area contributed by atoms with E-state index in [1.165, 1.54) is 0 Å². The van der Waals surface area contributed by atoms with E-state index in [0.29, 0.717) is 5.25 Å². The van der Waals surface area contributed by atoms with Crippen LogP contribution >= 0.6 is 11.8 Å². The summed E-state index contributed by atoms with van der Waals surface area (Å²) in [7, 11) is 0. The molecule has 1 aromatic rings. The molecule has 1 atom stereocenters. The number of para-hydroxylation sites is 1. The molecule has 1 aromatic carbocycles. The number of carbonyl (C=O) groups excluding carboxylic acids is 1. The third-order valence-corrected chi connectivity index (χ3v) is 4.60. The lowest BCUT2D eigenvalue weighted by molar-refractivity contribution is -0.122. The molecule has 1 unspecified atom stereocenters. The van der Waals surface area contributed by atoms with E-state index in [1.807, 2.05) is 44.2 Å². The summed E-state index contributed by atoms with van der Waals surface area (Å²) in [5.41, 5.74) is 0.401. The highest BCUT2D eigenvalue weighted by Crippen LogP contribution is 2.27. The summed E-state index contributed by atoms with van der Waals surface area (Å²) in [5.74, 6) is 0.773. The van der Waals surface area contributed by atoms with E-state index in [-0.39, 0.29) is 12.5 Å². The molecule has 0 radical (unpaired) electrons. The predicted molar refractivity (Wildman–Crippen MR) is 82.5 cm³/mol. The molecule has 0 aliphatic heterocycles. The van der Waals surface area contributed by atoms with Crippen molar-refractivity contribution in [2.45, 2.75) is 32.4 Å². The van der Waals surface area contributed by atoms with E-state index in [2.05, 4.69) is 12.2 Å². The van der Waals surface area contributed by atoms with Gasteiger partial charge in [0, 0.05) is 23.3 Å². The number of thioether (sulfide) groups is 1. The van der Waals surface area contributed by atoms with Gasteiger partial charge in [-0.25, -0.2) is 0 Å². The Bertz CT molecular complexity index is 392. The van der Waals surface area contributed by atoms with Crippen LogP contribution in [0.3, 0.4) is 0 Å². The molecular formula is C15H23NO2S. The van der Waals surface area contributed by atoms with Crippen molar-refractivity contribution in [1.82, 2.24) is 0 Å². The van der Waals surface area contributed by atoms with Gasteiger partial charge in [0.15, 0.2) is 0 Å². The molecule has 0 fully saturated rings. The van der Waals surface area contributed by atoms with E-state index >= 15 is 0 Å². The van der Waals surface area contributed by atoms with Crippen molar-refractivity contribution in [2.75, 3.05) is 17.7 Å². The Balaban J connectivity index is 2.49. The SMILES string of the molecule is CC(CCO)SCC(C)(C)C(=O)Nc1ccccc1. The van der Waals surface area contributed by atoms with Gasteiger partial charge in [-0.1, -0.05) is 39.0 Å². The summed E-state index contributed by atoms with van der Waals surface area (Å²) in [6.07, 6.45) is 0.765. The summed E-state index contributed by atoms with van der Waals surface area (Å²) in [4.78, 5) is 12.2. The highest BCUT2D eigenvalue weighted by atomic mass is 32.2. The lowest BCUT2D eigenvalue weighted by Crippen LogP contribution is -2.33. The second kappa shape index (κ2) is 7.56. The largest absolute Gasteiger partial charge is 0.396 e. The monoisotopic (exact) mass is 281 g/mol. The Morgan fingerprint density at radius 2 is 2.00 bits per heavy atom. The maximum atomic E-state index is 12.2. The van der Waals surface area contributed by atoms with Gasteiger partial charge in [-0.05, 0) is 18.6 Å². The Kier molecular flexibility index (Phi) is 6.38. The lowest BCUT2D eigenvalue weighted by Gasteiger charge is -2.24. The zero-order valence-electron chi connectivity index (χ0n) is 11.8. The molecule has 0 bridgehead atoms. The van der Waals surface area contributed by atoms with Crippen LogP contribution in [0.1, 0.15) is 27.2 Å². The molecule has 0 spiro atoms. The minimum atomic E-state index is -0.426. The quantitative estimate of drug-likeness (QED) is 0.807. The third-order valence-electron chi connectivity index (χ3n) is 2.91. The van der Waals surface area contributed by atoms with Gasteiger partial charge in [0.05, 0.1) is 5.41 Å². The number of hydrogen-bond acceptors (Lipinski definition) is 3. The van der Waals surface area contributed by atoms with Crippen LogP contribution in [0.25, 0.3) is 0 Å². The van der Waals surface area contributed by atoms with Gasteiger partial charge in [-0.3, -0.25) is 4.79 Å². The first-order chi connectivity index (χ1) is 8.95. The number of anilines is 1. The van der Waals surface area contributed by atoms with Crippen molar-refractivity contribution < 1.29 is 9.90 Å². The zero-order chi connectivity index (χ0) is 14.3. The van der Waals surface area contributed by atoms with E-state index in [9.17, 15) is 4.79 Å². The van der Waals surface area contributed by atoms with E-state index in [4.69, 9.17) is 5.11 Å². The summed E-state index contributed by atoms with van der Waals surface area (Å²) < 4.78 is 0. The Morgan fingerprint density at radius 1 is 1.37 bits per heavy atom. The standard InChI is InChI=1S/C15H23NO2S/c1-12(9-10-17)19-11-15(2,3)14(18)16-13-7-5-4-6-8-13/h4-8,12,17H,9-11H2,1-3H3,(H,16,18). The molecular weight excluding hydrogens is 258 g/mol. The topological polar surface area (TPSA) is 49.3 Å². The maximum Gasteiger partial charge on any atom is 0.230 e. The van der Waals surface area contributed by atoms with Crippen LogP contribution in [0.4, 0.5) is 5.69 Å². The Labute approximate surface area is 119 Å². The van der Waals surface area contributed by atoms with E-state index < -0.39 is 5.41 Å². The van der Waals surface area contributed by atoms with Crippen molar-refractivity contribution in [3.05, 3.63) is 30.3 Å². The van der Waals surface area contributed by atoms with Crippen LogP contribution in [0.2, 0.25) is 0 Å². The maximum absolute atomic E-state index is 12.2. The highest BCUT2D eigenvalue weighted by molar-refractivity contribution is 7.99. The number of nitrogens with one attached hydrogen (secondary N) is 1. The first-order valence-corrected chi connectivity index (χ1v) is 7.59. The van der Waals surface area contributed by atoms with Crippen LogP contribution in [0.15, 0.2) is 30.3 Å². The van der Waals surface area contributed by atoms with E-state index in [0.717, 1.165) is 17.9 Å². The molecule has 2 N–H and O–H groups in total. The van der Waals surface area contributed by atoms with Crippen LogP contribution in [0.5, 0.6) is 0 Å². The molecule has 0 aromatic heterocycles. The number of amides is 1. The predicted octanol–water partition coefficient (Wildman–Crippen LogP) is 3.16. The molecule has 0 saturated carbocycles. The second-order valence-corrected chi connectivity index (χ2v) is 6.76. The van der Waals surface area contributed by atoms with Gasteiger partial charge in [-0.2, -0.15) is 11.8 Å². The third kappa shape index (κ3) is 5.66. The number of carbonyl (C=O) groups is 1. The van der Waals surface area contributed by atoms with Crippen molar-refractivity contribution in [1.29, 1.82) is 0 Å². The summed E-state index contributed by atoms with van der Waals surface area (Å²) in [5, 5.41) is 12.2. The average molecular weight is 281 g/mol. The zero-order valence-corrected chi connectivity index (χ0v) is 12.7. The van der Waals surface area contributed by atoms with Crippen LogP contribution in [-0.4, -0.2) is 28.6 Å². The van der Waals surface area contributed by atoms with Gasteiger partial charge in [0.2, 0.25) is 5.91 Å². The number of benzene rings is 1. The van der Waals surface area contributed by atoms with Crippen LogP contribution in [-0.2, 0) is 4.79 Å². The molecule has 4 heteroatoms. The smallest absolute Gasteiger partial charge is 0.230 e. The normalized spacial score (nSPS) is 13.1. The van der Waals surface area contributed by atoms with Crippen molar-refractivity contribution in [3.63, 3.8) is 0 Å². The van der Waals surface area contributed by atoms with Gasteiger partial charge in [-0.15, -0.1) is 0 Å².